The second kappa shape index (κ2) is 12.2. The molecule has 3 rings (SSSR count). The highest BCUT2D eigenvalue weighted by atomic mass is 32.1. The lowest BCUT2D eigenvalue weighted by molar-refractivity contribution is 0.632. The highest BCUT2D eigenvalue weighted by Crippen LogP contribution is 2.22. The van der Waals surface area contributed by atoms with E-state index >= 15 is 0 Å². The smallest absolute Gasteiger partial charge is 0.0739 e. The van der Waals surface area contributed by atoms with E-state index in [1.165, 1.54) is 66.3 Å². The van der Waals surface area contributed by atoms with Crippen LogP contribution < -0.4 is 0 Å². The van der Waals surface area contributed by atoms with Gasteiger partial charge in [0.15, 0.2) is 0 Å². The Hall–Kier alpha value is -2.54. The van der Waals surface area contributed by atoms with E-state index < -0.39 is 0 Å². The third-order valence-electron chi connectivity index (χ3n) is 5.62. The Morgan fingerprint density at radius 3 is 1.57 bits per heavy atom. The largest absolute Gasteiger partial charge is 0.195 e. The summed E-state index contributed by atoms with van der Waals surface area (Å²) >= 11 is 4.65. The van der Waals surface area contributed by atoms with Crippen LogP contribution in [-0.4, -0.2) is 5.16 Å². The number of hydrogen-bond donors (Lipinski definition) is 0. The molecule has 30 heavy (non-hydrogen) atoms. The molecule has 0 aromatic heterocycles. The van der Waals surface area contributed by atoms with Crippen molar-refractivity contribution >= 4 is 23.1 Å². The molecule has 0 amide bonds. The van der Waals surface area contributed by atoms with Gasteiger partial charge in [-0.05, 0) is 77.9 Å². The fourth-order valence-corrected chi connectivity index (χ4v) is 3.84. The first-order valence-electron chi connectivity index (χ1n) is 11.1. The van der Waals surface area contributed by atoms with Crippen molar-refractivity contribution in [1.82, 2.24) is 0 Å². The van der Waals surface area contributed by atoms with E-state index in [9.17, 15) is 0 Å². The van der Waals surface area contributed by atoms with Gasteiger partial charge in [0.1, 0.15) is 0 Å². The third kappa shape index (κ3) is 7.06. The van der Waals surface area contributed by atoms with Crippen LogP contribution in [0.25, 0.3) is 11.1 Å². The van der Waals surface area contributed by atoms with Gasteiger partial charge in [-0.1, -0.05) is 93.3 Å². The number of rotatable bonds is 11. The van der Waals surface area contributed by atoms with Gasteiger partial charge in [-0.2, -0.15) is 4.99 Å². The van der Waals surface area contributed by atoms with Gasteiger partial charge in [0, 0.05) is 0 Å². The van der Waals surface area contributed by atoms with Crippen LogP contribution in [0.1, 0.15) is 55.7 Å². The number of unbranched alkanes of at least 4 members (excludes halogenated alkanes) is 4. The maximum atomic E-state index is 4.65. The molecule has 0 aliphatic carbocycles. The molecule has 2 heteroatoms. The average Bonchev–Trinajstić information content (AvgIpc) is 2.79. The van der Waals surface area contributed by atoms with Crippen LogP contribution in [0.4, 0.5) is 5.69 Å². The Morgan fingerprint density at radius 2 is 1.07 bits per heavy atom. The molecular weight excluding hydrogens is 382 g/mol. The number of aryl methyl sites for hydroxylation is 3. The van der Waals surface area contributed by atoms with E-state index in [1.807, 2.05) is 12.1 Å². The topological polar surface area (TPSA) is 12.4 Å². The molecular formula is C28H31NS. The van der Waals surface area contributed by atoms with Crippen molar-refractivity contribution in [3.63, 3.8) is 0 Å². The van der Waals surface area contributed by atoms with Gasteiger partial charge in [-0.15, -0.1) is 0 Å². The molecule has 1 nitrogen and oxygen atoms in total. The highest BCUT2D eigenvalue weighted by Gasteiger charge is 2.01. The maximum Gasteiger partial charge on any atom is 0.0739 e. The molecule has 0 spiro atoms. The second-order valence-corrected chi connectivity index (χ2v) is 8.11. The molecule has 0 saturated heterocycles. The monoisotopic (exact) mass is 413 g/mol. The predicted octanol–water partition coefficient (Wildman–Crippen LogP) is 8.39. The summed E-state index contributed by atoms with van der Waals surface area (Å²) in [4.78, 5) is 4.00. The van der Waals surface area contributed by atoms with Crippen LogP contribution in [-0.2, 0) is 19.3 Å². The summed E-state index contributed by atoms with van der Waals surface area (Å²) in [6, 6.07) is 26.3. The van der Waals surface area contributed by atoms with Crippen molar-refractivity contribution < 1.29 is 0 Å². The number of benzene rings is 3. The Labute approximate surface area is 186 Å². The summed E-state index contributed by atoms with van der Waals surface area (Å²) in [6.45, 7) is 2.27. The first kappa shape index (κ1) is 22.2. The van der Waals surface area contributed by atoms with E-state index in [0.717, 1.165) is 18.5 Å². The molecule has 0 bridgehead atoms. The maximum absolute atomic E-state index is 4.65. The molecule has 154 valence electrons. The summed E-state index contributed by atoms with van der Waals surface area (Å²) in [6.07, 6.45) is 9.95. The van der Waals surface area contributed by atoms with E-state index in [0.29, 0.717) is 0 Å². The SMILES string of the molecule is CCCCCCCc1ccc(-c2ccc(CCc3ccc(N=C=S)cc3)cc2)cc1. The standard InChI is InChI=1S/C28H31NS/c1-2-3-4-5-6-7-23-10-16-26(17-11-23)27-18-12-24(13-19-27)8-9-25-14-20-28(21-15-25)29-22-30/h10-21H,2-9H2,1H3. The quantitative estimate of drug-likeness (QED) is 0.175. The lowest BCUT2D eigenvalue weighted by Gasteiger charge is -2.07. The van der Waals surface area contributed by atoms with Gasteiger partial charge < -0.3 is 0 Å². The number of aliphatic imine (C=N–C) groups is 1. The number of nitrogens with zero attached hydrogens (tertiary/aromatic N) is 1. The molecule has 0 saturated carbocycles. The van der Waals surface area contributed by atoms with Crippen molar-refractivity contribution in [2.75, 3.05) is 0 Å². The van der Waals surface area contributed by atoms with Crippen molar-refractivity contribution in [3.8, 4) is 11.1 Å². The summed E-state index contributed by atoms with van der Waals surface area (Å²) in [7, 11) is 0. The second-order valence-electron chi connectivity index (χ2n) is 7.93. The van der Waals surface area contributed by atoms with Gasteiger partial charge in [0.05, 0.1) is 10.8 Å². The zero-order valence-corrected chi connectivity index (χ0v) is 18.8. The van der Waals surface area contributed by atoms with Gasteiger partial charge in [0.2, 0.25) is 0 Å². The lowest BCUT2D eigenvalue weighted by atomic mass is 9.98. The van der Waals surface area contributed by atoms with Crippen molar-refractivity contribution in [2.45, 2.75) is 58.3 Å². The summed E-state index contributed by atoms with van der Waals surface area (Å²) in [5, 5.41) is 2.41. The van der Waals surface area contributed by atoms with Crippen LogP contribution in [0.2, 0.25) is 0 Å². The van der Waals surface area contributed by atoms with Crippen molar-refractivity contribution in [3.05, 3.63) is 89.5 Å². The van der Waals surface area contributed by atoms with Crippen LogP contribution in [0, 0.1) is 0 Å². The van der Waals surface area contributed by atoms with Crippen LogP contribution in [0.3, 0.4) is 0 Å². The molecule has 0 radical (unpaired) electrons. The predicted molar refractivity (Wildman–Crippen MR) is 133 cm³/mol. The number of thiocarbonyl (C=S) groups is 1. The zero-order chi connectivity index (χ0) is 21.0. The first-order valence-corrected chi connectivity index (χ1v) is 11.5. The van der Waals surface area contributed by atoms with E-state index in [4.69, 9.17) is 0 Å². The third-order valence-corrected chi connectivity index (χ3v) is 5.71. The molecule has 0 aliphatic heterocycles. The molecule has 0 fully saturated rings. The van der Waals surface area contributed by atoms with Crippen LogP contribution in [0.5, 0.6) is 0 Å². The lowest BCUT2D eigenvalue weighted by Crippen LogP contribution is -1.91. The van der Waals surface area contributed by atoms with Gasteiger partial charge >= 0.3 is 0 Å². The van der Waals surface area contributed by atoms with Gasteiger partial charge in [0.25, 0.3) is 0 Å². The molecule has 0 N–H and O–H groups in total. The van der Waals surface area contributed by atoms with Gasteiger partial charge in [-0.3, -0.25) is 0 Å². The zero-order valence-electron chi connectivity index (χ0n) is 17.9. The number of hydrogen-bond acceptors (Lipinski definition) is 2. The normalized spacial score (nSPS) is 10.6. The Balaban J connectivity index is 1.50. The Bertz CT molecular complexity index is 933. The molecule has 3 aromatic rings. The van der Waals surface area contributed by atoms with Crippen LogP contribution >= 0.6 is 12.2 Å². The molecule has 0 heterocycles. The molecule has 0 atom stereocenters. The molecule has 0 aliphatic rings. The summed E-state index contributed by atoms with van der Waals surface area (Å²) in [5.74, 6) is 0. The minimum atomic E-state index is 0.862. The highest BCUT2D eigenvalue weighted by molar-refractivity contribution is 7.78. The van der Waals surface area contributed by atoms with Crippen molar-refractivity contribution in [1.29, 1.82) is 0 Å². The van der Waals surface area contributed by atoms with Crippen LogP contribution in [0.15, 0.2) is 77.8 Å². The van der Waals surface area contributed by atoms with E-state index in [2.05, 4.69) is 90.0 Å². The summed E-state index contributed by atoms with van der Waals surface area (Å²) < 4.78 is 0. The van der Waals surface area contributed by atoms with Crippen molar-refractivity contribution in [2.24, 2.45) is 4.99 Å². The van der Waals surface area contributed by atoms with E-state index in [1.54, 1.807) is 0 Å². The molecule has 0 unspecified atom stereocenters. The fourth-order valence-electron chi connectivity index (χ4n) is 3.74. The summed E-state index contributed by atoms with van der Waals surface area (Å²) in [5.41, 5.74) is 7.58. The average molecular weight is 414 g/mol. The minimum Gasteiger partial charge on any atom is -0.195 e. The number of isothiocyanates is 1. The first-order chi connectivity index (χ1) is 14.8. The Kier molecular flexibility index (Phi) is 9.03. The Morgan fingerprint density at radius 1 is 0.600 bits per heavy atom. The van der Waals surface area contributed by atoms with E-state index in [-0.39, 0.29) is 0 Å². The van der Waals surface area contributed by atoms with Gasteiger partial charge in [-0.25, -0.2) is 0 Å². The molecule has 3 aromatic carbocycles. The minimum absolute atomic E-state index is 0.862. The fraction of sp³-hybridized carbons (Fsp3) is 0.321.